The first-order valence-electron chi connectivity index (χ1n) is 9.84. The van der Waals surface area contributed by atoms with Gasteiger partial charge in [-0.15, -0.1) is 0 Å². The molecule has 0 bridgehead atoms. The maximum atomic E-state index is 12.9. The first kappa shape index (κ1) is 18.6. The summed E-state index contributed by atoms with van der Waals surface area (Å²) in [4.78, 5) is 29.4. The molecule has 1 aromatic carbocycles. The van der Waals surface area contributed by atoms with Gasteiger partial charge in [-0.2, -0.15) is 0 Å². The summed E-state index contributed by atoms with van der Waals surface area (Å²) < 4.78 is 5.42. The minimum absolute atomic E-state index is 0.0966. The average Bonchev–Trinajstić information content (AvgIpc) is 3.32. The summed E-state index contributed by atoms with van der Waals surface area (Å²) in [6.07, 6.45) is 4.79. The van der Waals surface area contributed by atoms with E-state index in [1.165, 1.54) is 12.8 Å². The molecule has 2 heterocycles. The summed E-state index contributed by atoms with van der Waals surface area (Å²) in [5.41, 5.74) is 1.66. The highest BCUT2D eigenvalue weighted by Gasteiger charge is 2.38. The van der Waals surface area contributed by atoms with E-state index in [0.717, 1.165) is 31.6 Å². The zero-order chi connectivity index (χ0) is 18.8. The Labute approximate surface area is 164 Å². The molecular formula is C20H26ClN3O3. The monoisotopic (exact) mass is 391 g/mol. The molecule has 146 valence electrons. The second-order valence-electron chi connectivity index (χ2n) is 7.64. The van der Waals surface area contributed by atoms with Crippen molar-refractivity contribution in [2.45, 2.75) is 38.1 Å². The molecule has 2 aliphatic heterocycles. The van der Waals surface area contributed by atoms with Crippen LogP contribution in [0.3, 0.4) is 0 Å². The quantitative estimate of drug-likeness (QED) is 0.857. The number of benzene rings is 1. The normalized spacial score (nSPS) is 23.9. The Morgan fingerprint density at radius 3 is 2.67 bits per heavy atom. The fraction of sp³-hybridized carbons (Fsp3) is 0.600. The topological polar surface area (TPSA) is 61.9 Å². The third kappa shape index (κ3) is 4.06. The Hall–Kier alpha value is -1.79. The first-order chi connectivity index (χ1) is 13.1. The smallest absolute Gasteiger partial charge is 0.229 e. The molecule has 1 aliphatic carbocycles. The highest BCUT2D eigenvalue weighted by Crippen LogP contribution is 2.33. The summed E-state index contributed by atoms with van der Waals surface area (Å²) in [7, 11) is 0. The van der Waals surface area contributed by atoms with Gasteiger partial charge in [-0.05, 0) is 31.0 Å². The fourth-order valence-corrected chi connectivity index (χ4v) is 4.57. The molecule has 4 rings (SSSR count). The van der Waals surface area contributed by atoms with Crippen molar-refractivity contribution in [3.63, 3.8) is 0 Å². The van der Waals surface area contributed by atoms with E-state index in [1.807, 2.05) is 17.0 Å². The molecule has 0 spiro atoms. The van der Waals surface area contributed by atoms with Gasteiger partial charge < -0.3 is 19.9 Å². The molecule has 0 unspecified atom stereocenters. The lowest BCUT2D eigenvalue weighted by Crippen LogP contribution is -2.37. The van der Waals surface area contributed by atoms with Crippen LogP contribution in [-0.2, 0) is 14.3 Å². The van der Waals surface area contributed by atoms with E-state index in [4.69, 9.17) is 16.3 Å². The predicted molar refractivity (Wildman–Crippen MR) is 105 cm³/mol. The number of carbonyl (C=O) groups excluding carboxylic acids is 2. The van der Waals surface area contributed by atoms with Crippen LogP contribution < -0.4 is 10.2 Å². The average molecular weight is 392 g/mol. The number of morpholine rings is 1. The molecule has 1 N–H and O–H groups in total. The molecule has 2 saturated heterocycles. The number of likely N-dealkylation sites (tertiary alicyclic amines) is 1. The van der Waals surface area contributed by atoms with Crippen molar-refractivity contribution >= 4 is 34.8 Å². The van der Waals surface area contributed by atoms with E-state index >= 15 is 0 Å². The van der Waals surface area contributed by atoms with Crippen molar-refractivity contribution in [2.75, 3.05) is 43.1 Å². The molecule has 7 heteroatoms. The molecule has 3 aliphatic rings. The molecule has 6 nitrogen and oxygen atoms in total. The van der Waals surface area contributed by atoms with Crippen molar-refractivity contribution in [1.29, 1.82) is 0 Å². The summed E-state index contributed by atoms with van der Waals surface area (Å²) in [6.45, 7) is 3.43. The minimum atomic E-state index is -0.297. The molecule has 0 aromatic heterocycles. The highest BCUT2D eigenvalue weighted by atomic mass is 35.5. The van der Waals surface area contributed by atoms with E-state index in [0.29, 0.717) is 42.9 Å². The van der Waals surface area contributed by atoms with Gasteiger partial charge in [0.05, 0.1) is 30.5 Å². The summed E-state index contributed by atoms with van der Waals surface area (Å²) in [5, 5.41) is 3.62. The van der Waals surface area contributed by atoms with Crippen LogP contribution in [0.2, 0.25) is 5.02 Å². The van der Waals surface area contributed by atoms with Crippen molar-refractivity contribution in [1.82, 2.24) is 4.90 Å². The number of nitrogens with one attached hydrogen (secondary N) is 1. The molecule has 2 amide bonds. The Kier molecular flexibility index (Phi) is 5.55. The zero-order valence-corrected chi connectivity index (χ0v) is 16.2. The van der Waals surface area contributed by atoms with Gasteiger partial charge in [-0.3, -0.25) is 9.59 Å². The zero-order valence-electron chi connectivity index (χ0n) is 15.5. The van der Waals surface area contributed by atoms with Crippen LogP contribution in [0.15, 0.2) is 18.2 Å². The highest BCUT2D eigenvalue weighted by molar-refractivity contribution is 6.31. The van der Waals surface area contributed by atoms with Gasteiger partial charge in [0.1, 0.15) is 0 Å². The van der Waals surface area contributed by atoms with Crippen molar-refractivity contribution in [3.05, 3.63) is 23.2 Å². The standard InChI is InChI=1S/C20H26ClN3O3/c21-15-5-6-18(23-7-9-27-10-8-23)17(12-15)22-20(26)14-11-19(25)24(13-14)16-3-1-2-4-16/h5-6,12,14,16H,1-4,7-11,13H2,(H,22,26)/t14-/m1/s1. The van der Waals surface area contributed by atoms with Gasteiger partial charge in [-0.1, -0.05) is 24.4 Å². The molecule has 1 saturated carbocycles. The predicted octanol–water partition coefficient (Wildman–Crippen LogP) is 2.91. The number of nitrogens with zero attached hydrogens (tertiary/aromatic N) is 2. The Balaban J connectivity index is 1.46. The Morgan fingerprint density at radius 1 is 1.19 bits per heavy atom. The third-order valence-corrected chi connectivity index (χ3v) is 6.10. The molecule has 1 atom stereocenters. The summed E-state index contributed by atoms with van der Waals surface area (Å²) in [5.74, 6) is -0.281. The summed E-state index contributed by atoms with van der Waals surface area (Å²) in [6, 6.07) is 5.89. The first-order valence-corrected chi connectivity index (χ1v) is 10.2. The van der Waals surface area contributed by atoms with Crippen molar-refractivity contribution in [2.24, 2.45) is 5.92 Å². The fourth-order valence-electron chi connectivity index (χ4n) is 4.40. The number of carbonyl (C=O) groups is 2. The Morgan fingerprint density at radius 2 is 1.93 bits per heavy atom. The van der Waals surface area contributed by atoms with Gasteiger partial charge in [0.25, 0.3) is 0 Å². The van der Waals surface area contributed by atoms with Crippen LogP contribution in [0, 0.1) is 5.92 Å². The number of rotatable bonds is 4. The number of hydrogen-bond acceptors (Lipinski definition) is 4. The van der Waals surface area contributed by atoms with Crippen molar-refractivity contribution in [3.8, 4) is 0 Å². The number of hydrogen-bond donors (Lipinski definition) is 1. The lowest BCUT2D eigenvalue weighted by Gasteiger charge is -2.31. The number of ether oxygens (including phenoxy) is 1. The third-order valence-electron chi connectivity index (χ3n) is 5.86. The second kappa shape index (κ2) is 8.07. The van der Waals surface area contributed by atoms with Gasteiger partial charge in [-0.25, -0.2) is 0 Å². The van der Waals surface area contributed by atoms with E-state index in [2.05, 4.69) is 10.2 Å². The lowest BCUT2D eigenvalue weighted by atomic mass is 10.1. The van der Waals surface area contributed by atoms with Gasteiger partial charge >= 0.3 is 0 Å². The maximum absolute atomic E-state index is 12.9. The van der Waals surface area contributed by atoms with E-state index in [1.54, 1.807) is 6.07 Å². The number of halogens is 1. The van der Waals surface area contributed by atoms with E-state index < -0.39 is 0 Å². The van der Waals surface area contributed by atoms with Gasteiger partial charge in [0, 0.05) is 37.1 Å². The van der Waals surface area contributed by atoms with Crippen LogP contribution in [0.1, 0.15) is 32.1 Å². The molecule has 0 radical (unpaired) electrons. The van der Waals surface area contributed by atoms with Crippen LogP contribution in [-0.4, -0.2) is 55.6 Å². The van der Waals surface area contributed by atoms with Crippen molar-refractivity contribution < 1.29 is 14.3 Å². The van der Waals surface area contributed by atoms with Gasteiger partial charge in [0.2, 0.25) is 11.8 Å². The summed E-state index contributed by atoms with van der Waals surface area (Å²) >= 11 is 6.17. The van der Waals surface area contributed by atoms with Crippen LogP contribution in [0.5, 0.6) is 0 Å². The lowest BCUT2D eigenvalue weighted by molar-refractivity contribution is -0.129. The van der Waals surface area contributed by atoms with Crippen LogP contribution >= 0.6 is 11.6 Å². The Bertz CT molecular complexity index is 714. The number of anilines is 2. The van der Waals surface area contributed by atoms with Crippen LogP contribution in [0.25, 0.3) is 0 Å². The SMILES string of the molecule is O=C(Nc1cc(Cl)ccc1N1CCOCC1)[C@@H]1CC(=O)N(C2CCCC2)C1. The molecule has 3 fully saturated rings. The second-order valence-corrected chi connectivity index (χ2v) is 8.07. The molecular weight excluding hydrogens is 366 g/mol. The minimum Gasteiger partial charge on any atom is -0.378 e. The number of amides is 2. The van der Waals surface area contributed by atoms with E-state index in [-0.39, 0.29) is 17.7 Å². The maximum Gasteiger partial charge on any atom is 0.229 e. The van der Waals surface area contributed by atoms with Gasteiger partial charge in [0.15, 0.2) is 0 Å². The largest absolute Gasteiger partial charge is 0.378 e. The van der Waals surface area contributed by atoms with Crippen LogP contribution in [0.4, 0.5) is 11.4 Å². The molecule has 27 heavy (non-hydrogen) atoms. The van der Waals surface area contributed by atoms with E-state index in [9.17, 15) is 9.59 Å². The molecule has 1 aromatic rings.